The van der Waals surface area contributed by atoms with Crippen molar-refractivity contribution in [1.29, 1.82) is 0 Å². The second-order valence-corrected chi connectivity index (χ2v) is 6.74. The molecule has 0 aromatic heterocycles. The molecule has 5 heteroatoms. The lowest BCUT2D eigenvalue weighted by molar-refractivity contribution is -0.125. The van der Waals surface area contributed by atoms with Crippen LogP contribution in [0.5, 0.6) is 0 Å². The van der Waals surface area contributed by atoms with Gasteiger partial charge in [-0.3, -0.25) is 9.59 Å². The van der Waals surface area contributed by atoms with E-state index in [-0.39, 0.29) is 5.56 Å². The predicted molar refractivity (Wildman–Crippen MR) is 111 cm³/mol. The number of aryl methyl sites for hydroxylation is 2. The monoisotopic (exact) mass is 387 g/mol. The molecule has 0 bridgehead atoms. The fourth-order valence-electron chi connectivity index (χ4n) is 2.84. The molecule has 0 saturated carbocycles. The molecule has 1 amide bonds. The van der Waals surface area contributed by atoms with Gasteiger partial charge in [-0.05, 0) is 43.2 Å². The van der Waals surface area contributed by atoms with Gasteiger partial charge < -0.3 is 10.1 Å². The van der Waals surface area contributed by atoms with Gasteiger partial charge >= 0.3 is 5.97 Å². The molecule has 146 valence electrons. The van der Waals surface area contributed by atoms with Crippen LogP contribution in [0, 0.1) is 13.8 Å². The lowest BCUT2D eigenvalue weighted by atomic mass is 10.1. The first-order chi connectivity index (χ1) is 14.0. The van der Waals surface area contributed by atoms with Gasteiger partial charge in [-0.25, -0.2) is 4.79 Å². The standard InChI is InChI=1S/C24H21NO4/c1-16-8-9-17(2)21(14-16)25-23(27)22(19-6-4-3-5-7-19)29-24(28)20-12-10-18(15-26)11-13-20/h3-15,22H,1-2H3,(H,25,27). The number of rotatable bonds is 6. The van der Waals surface area contributed by atoms with Crippen molar-refractivity contribution in [2.24, 2.45) is 0 Å². The molecule has 0 saturated heterocycles. The van der Waals surface area contributed by atoms with Gasteiger partial charge in [-0.15, -0.1) is 0 Å². The van der Waals surface area contributed by atoms with E-state index in [9.17, 15) is 14.4 Å². The van der Waals surface area contributed by atoms with E-state index in [0.717, 1.165) is 11.1 Å². The van der Waals surface area contributed by atoms with E-state index in [1.165, 1.54) is 24.3 Å². The van der Waals surface area contributed by atoms with Crippen molar-refractivity contribution in [1.82, 2.24) is 0 Å². The van der Waals surface area contributed by atoms with E-state index in [1.54, 1.807) is 24.3 Å². The van der Waals surface area contributed by atoms with E-state index in [1.807, 2.05) is 38.1 Å². The number of aldehydes is 1. The summed E-state index contributed by atoms with van der Waals surface area (Å²) in [7, 11) is 0. The maximum absolute atomic E-state index is 13.0. The number of nitrogens with one attached hydrogen (secondary N) is 1. The van der Waals surface area contributed by atoms with E-state index < -0.39 is 18.0 Å². The largest absolute Gasteiger partial charge is 0.444 e. The second kappa shape index (κ2) is 8.97. The fourth-order valence-corrected chi connectivity index (χ4v) is 2.84. The highest BCUT2D eigenvalue weighted by atomic mass is 16.5. The summed E-state index contributed by atoms with van der Waals surface area (Å²) in [6.07, 6.45) is -0.422. The van der Waals surface area contributed by atoms with Crippen molar-refractivity contribution < 1.29 is 19.1 Å². The number of hydrogen-bond donors (Lipinski definition) is 1. The SMILES string of the molecule is Cc1ccc(C)c(NC(=O)C(OC(=O)c2ccc(C=O)cc2)c2ccccc2)c1. The van der Waals surface area contributed by atoms with Crippen molar-refractivity contribution in [2.45, 2.75) is 20.0 Å². The fraction of sp³-hybridized carbons (Fsp3) is 0.125. The Kier molecular flexibility index (Phi) is 6.19. The zero-order valence-electron chi connectivity index (χ0n) is 16.2. The molecule has 3 aromatic rings. The summed E-state index contributed by atoms with van der Waals surface area (Å²) in [4.78, 5) is 36.4. The molecule has 3 aromatic carbocycles. The first-order valence-electron chi connectivity index (χ1n) is 9.17. The third-order valence-corrected chi connectivity index (χ3v) is 4.50. The average Bonchev–Trinajstić information content (AvgIpc) is 2.75. The minimum atomic E-state index is -1.12. The molecule has 5 nitrogen and oxygen atoms in total. The molecule has 0 aliphatic carbocycles. The summed E-state index contributed by atoms with van der Waals surface area (Å²) in [6.45, 7) is 3.83. The summed E-state index contributed by atoms with van der Waals surface area (Å²) in [5, 5.41) is 2.86. The molecule has 0 aliphatic rings. The Balaban J connectivity index is 1.86. The van der Waals surface area contributed by atoms with Crippen molar-refractivity contribution >= 4 is 23.9 Å². The second-order valence-electron chi connectivity index (χ2n) is 6.74. The number of carbonyl (C=O) groups is 3. The van der Waals surface area contributed by atoms with Crippen LogP contribution in [0.3, 0.4) is 0 Å². The quantitative estimate of drug-likeness (QED) is 0.493. The highest BCUT2D eigenvalue weighted by Crippen LogP contribution is 2.24. The molecule has 1 unspecified atom stereocenters. The summed E-state index contributed by atoms with van der Waals surface area (Å²) in [6, 6.07) is 20.6. The van der Waals surface area contributed by atoms with Gasteiger partial charge in [0.2, 0.25) is 6.10 Å². The molecular weight excluding hydrogens is 366 g/mol. The summed E-state index contributed by atoms with van der Waals surface area (Å²) in [5.41, 5.74) is 3.86. The molecule has 0 spiro atoms. The number of hydrogen-bond acceptors (Lipinski definition) is 4. The molecular formula is C24H21NO4. The van der Waals surface area contributed by atoms with Gasteiger partial charge in [0.1, 0.15) is 6.29 Å². The number of esters is 1. The van der Waals surface area contributed by atoms with Crippen LogP contribution in [0.4, 0.5) is 5.69 Å². The van der Waals surface area contributed by atoms with Crippen LogP contribution in [0.2, 0.25) is 0 Å². The highest BCUT2D eigenvalue weighted by Gasteiger charge is 2.26. The van der Waals surface area contributed by atoms with Crippen LogP contribution in [0.15, 0.2) is 72.8 Å². The van der Waals surface area contributed by atoms with Crippen molar-refractivity contribution in [2.75, 3.05) is 5.32 Å². The molecule has 1 atom stereocenters. The van der Waals surface area contributed by atoms with Crippen LogP contribution in [0.25, 0.3) is 0 Å². The molecule has 0 radical (unpaired) electrons. The van der Waals surface area contributed by atoms with Crippen LogP contribution >= 0.6 is 0 Å². The van der Waals surface area contributed by atoms with Gasteiger partial charge in [0.15, 0.2) is 0 Å². The van der Waals surface area contributed by atoms with Crippen molar-refractivity contribution in [3.63, 3.8) is 0 Å². The third-order valence-electron chi connectivity index (χ3n) is 4.50. The number of anilines is 1. The number of benzene rings is 3. The topological polar surface area (TPSA) is 72.5 Å². The Bertz CT molecular complexity index is 1030. The highest BCUT2D eigenvalue weighted by molar-refractivity contribution is 5.98. The minimum Gasteiger partial charge on any atom is -0.444 e. The zero-order chi connectivity index (χ0) is 20.8. The van der Waals surface area contributed by atoms with Crippen LogP contribution < -0.4 is 5.32 Å². The van der Waals surface area contributed by atoms with Crippen LogP contribution in [-0.2, 0) is 9.53 Å². The summed E-state index contributed by atoms with van der Waals surface area (Å²) >= 11 is 0. The molecule has 0 aliphatic heterocycles. The normalized spacial score (nSPS) is 11.4. The number of carbonyl (C=O) groups excluding carboxylic acids is 3. The van der Waals surface area contributed by atoms with Crippen molar-refractivity contribution in [3.8, 4) is 0 Å². The van der Waals surface area contributed by atoms with Gasteiger partial charge in [0.05, 0.1) is 5.56 Å². The maximum atomic E-state index is 13.0. The summed E-state index contributed by atoms with van der Waals surface area (Å²) in [5.74, 6) is -1.09. The Morgan fingerprint density at radius 2 is 1.62 bits per heavy atom. The number of amides is 1. The molecule has 0 heterocycles. The van der Waals surface area contributed by atoms with Gasteiger partial charge in [0, 0.05) is 16.8 Å². The minimum absolute atomic E-state index is 0.260. The van der Waals surface area contributed by atoms with E-state index in [0.29, 0.717) is 23.1 Å². The van der Waals surface area contributed by atoms with Crippen LogP contribution in [-0.4, -0.2) is 18.2 Å². The van der Waals surface area contributed by atoms with Crippen LogP contribution in [0.1, 0.15) is 43.5 Å². The number of ether oxygens (including phenoxy) is 1. The molecule has 29 heavy (non-hydrogen) atoms. The first kappa shape index (κ1) is 20.0. The Morgan fingerprint density at radius 3 is 2.28 bits per heavy atom. The maximum Gasteiger partial charge on any atom is 0.339 e. The Morgan fingerprint density at radius 1 is 0.931 bits per heavy atom. The predicted octanol–water partition coefficient (Wildman–Crippen LogP) is 4.65. The Labute approximate surface area is 169 Å². The smallest absolute Gasteiger partial charge is 0.339 e. The van der Waals surface area contributed by atoms with Gasteiger partial charge in [-0.1, -0.05) is 54.6 Å². The van der Waals surface area contributed by atoms with Crippen molar-refractivity contribution in [3.05, 3.63) is 101 Å². The van der Waals surface area contributed by atoms with Gasteiger partial charge in [-0.2, -0.15) is 0 Å². The first-order valence-corrected chi connectivity index (χ1v) is 9.17. The molecule has 0 fully saturated rings. The molecule has 3 rings (SSSR count). The molecule has 1 N–H and O–H groups in total. The average molecular weight is 387 g/mol. The van der Waals surface area contributed by atoms with Gasteiger partial charge in [0.25, 0.3) is 5.91 Å². The third kappa shape index (κ3) is 4.96. The van der Waals surface area contributed by atoms with E-state index >= 15 is 0 Å². The van der Waals surface area contributed by atoms with E-state index in [4.69, 9.17) is 4.74 Å². The Hall–Kier alpha value is -3.73. The lowest BCUT2D eigenvalue weighted by Gasteiger charge is -2.19. The lowest BCUT2D eigenvalue weighted by Crippen LogP contribution is -2.26. The summed E-state index contributed by atoms with van der Waals surface area (Å²) < 4.78 is 5.56. The zero-order valence-corrected chi connectivity index (χ0v) is 16.2. The van der Waals surface area contributed by atoms with E-state index in [2.05, 4.69) is 5.32 Å².